The van der Waals surface area contributed by atoms with E-state index >= 15 is 0 Å². The van der Waals surface area contributed by atoms with E-state index in [1.165, 1.54) is 0 Å². The predicted molar refractivity (Wildman–Crippen MR) is 54.6 cm³/mol. The lowest BCUT2D eigenvalue weighted by atomic mass is 10.4. The molecule has 0 spiro atoms. The van der Waals surface area contributed by atoms with Gasteiger partial charge in [-0.25, -0.2) is 0 Å². The van der Waals surface area contributed by atoms with Gasteiger partial charge < -0.3 is 10.5 Å². The van der Waals surface area contributed by atoms with Gasteiger partial charge in [0.2, 0.25) is 0 Å². The molecule has 0 fully saturated rings. The van der Waals surface area contributed by atoms with Gasteiger partial charge in [0.25, 0.3) is 0 Å². The van der Waals surface area contributed by atoms with Gasteiger partial charge in [-0.3, -0.25) is 4.79 Å². The first-order chi connectivity index (χ1) is 5.22. The van der Waals surface area contributed by atoms with Crippen LogP contribution in [0.1, 0.15) is 0 Å². The van der Waals surface area contributed by atoms with Crippen LogP contribution in [0.3, 0.4) is 0 Å². The zero-order valence-electron chi connectivity index (χ0n) is 5.71. The Hall–Kier alpha value is 0.0700. The lowest BCUT2D eigenvalue weighted by Gasteiger charge is -2.05. The van der Waals surface area contributed by atoms with Crippen LogP contribution in [-0.2, 0) is 9.53 Å². The molecule has 0 saturated carbocycles. The largest absolute Gasteiger partial charge is 0.451 e. The number of hydrogen-bond acceptors (Lipinski definition) is 4. The first-order valence-corrected chi connectivity index (χ1v) is 4.55. The zero-order chi connectivity index (χ0) is 8.69. The third-order valence-corrected chi connectivity index (χ3v) is 1.63. The van der Waals surface area contributed by atoms with Crippen molar-refractivity contribution in [2.45, 2.75) is 6.04 Å². The Labute approximate surface area is 84.6 Å². The van der Waals surface area contributed by atoms with E-state index in [0.717, 1.165) is 0 Å². The van der Waals surface area contributed by atoms with Gasteiger partial charge >= 0.3 is 5.97 Å². The molecule has 0 aliphatic heterocycles. The van der Waals surface area contributed by atoms with Gasteiger partial charge in [0.1, 0.15) is 6.04 Å². The molecule has 0 radical (unpaired) electrons. The lowest BCUT2D eigenvalue weighted by Crippen LogP contribution is -2.33. The third kappa shape index (κ3) is 5.35. The number of rotatable bonds is 3. The second-order valence-electron chi connectivity index (χ2n) is 1.67. The number of carbonyl (C=O) groups is 1. The average molecular weight is 285 g/mol. The second-order valence-corrected chi connectivity index (χ2v) is 2.57. The van der Waals surface area contributed by atoms with E-state index in [2.05, 4.69) is 27.2 Å². The van der Waals surface area contributed by atoms with E-state index in [9.17, 15) is 4.79 Å². The molecule has 3 nitrogen and oxygen atoms in total. The molecule has 0 aromatic rings. The van der Waals surface area contributed by atoms with Crippen molar-refractivity contribution in [1.29, 1.82) is 0 Å². The van der Waals surface area contributed by atoms with E-state index in [-0.39, 0.29) is 12.4 Å². The van der Waals surface area contributed by atoms with Gasteiger partial charge in [0, 0.05) is 28.3 Å². The first kappa shape index (κ1) is 11.1. The number of ether oxygens (including phenoxy) is 1. The highest BCUT2D eigenvalue weighted by Gasteiger charge is 2.11. The van der Waals surface area contributed by atoms with Gasteiger partial charge in [-0.1, -0.05) is 5.92 Å². The summed E-state index contributed by atoms with van der Waals surface area (Å²) in [5.74, 6) is 2.40. The molecule has 0 rings (SSSR count). The summed E-state index contributed by atoms with van der Waals surface area (Å²) in [6.07, 6.45) is 0. The summed E-state index contributed by atoms with van der Waals surface area (Å²) in [5.41, 5.74) is 5.30. The minimum atomic E-state index is -0.644. The normalized spacial score (nSPS) is 11.2. The van der Waals surface area contributed by atoms with E-state index in [0.29, 0.717) is 0 Å². The van der Waals surface area contributed by atoms with Crippen molar-refractivity contribution in [1.82, 2.24) is 0 Å². The lowest BCUT2D eigenvalue weighted by molar-refractivity contribution is -0.143. The monoisotopic (exact) mass is 285 g/mol. The molecule has 62 valence electrons. The Morgan fingerprint density at radius 3 is 2.91 bits per heavy atom. The molecule has 0 aromatic carbocycles. The number of carbonyl (C=O) groups excluding carboxylic acids is 1. The highest BCUT2D eigenvalue weighted by Crippen LogP contribution is 1.87. The van der Waals surface area contributed by atoms with Crippen LogP contribution >= 0.6 is 35.2 Å². The van der Waals surface area contributed by atoms with Crippen molar-refractivity contribution in [2.75, 3.05) is 12.4 Å². The van der Waals surface area contributed by atoms with Gasteiger partial charge in [-0.15, -0.1) is 0 Å². The maximum absolute atomic E-state index is 10.8. The molecule has 5 heteroatoms. The summed E-state index contributed by atoms with van der Waals surface area (Å²) in [5, 5.41) is 0. The van der Waals surface area contributed by atoms with Gasteiger partial charge in [0.05, 0.1) is 0 Å². The highest BCUT2D eigenvalue weighted by molar-refractivity contribution is 14.1. The molecule has 0 bridgehead atoms. The molecular formula is C6H8INO2S. The Morgan fingerprint density at radius 1 is 1.82 bits per heavy atom. The summed E-state index contributed by atoms with van der Waals surface area (Å²) in [7, 11) is 0. The fourth-order valence-corrected chi connectivity index (χ4v) is 0.621. The Bertz CT molecular complexity index is 187. The zero-order valence-corrected chi connectivity index (χ0v) is 8.76. The van der Waals surface area contributed by atoms with Crippen molar-refractivity contribution < 1.29 is 9.53 Å². The van der Waals surface area contributed by atoms with E-state index < -0.39 is 12.0 Å². The van der Waals surface area contributed by atoms with Gasteiger partial charge in [-0.05, 0) is 3.93 Å². The van der Waals surface area contributed by atoms with Crippen molar-refractivity contribution in [2.24, 2.45) is 5.73 Å². The summed E-state index contributed by atoms with van der Waals surface area (Å²) >= 11 is 5.70. The number of hydrogen-bond donors (Lipinski definition) is 2. The minimum absolute atomic E-state index is 0.100. The summed E-state index contributed by atoms with van der Waals surface area (Å²) < 4.78 is 7.21. The summed E-state index contributed by atoms with van der Waals surface area (Å²) in [6, 6.07) is -0.644. The quantitative estimate of drug-likeness (QED) is 0.337. The smallest absolute Gasteiger partial charge is 0.324 e. The molecule has 2 N–H and O–H groups in total. The van der Waals surface area contributed by atoms with Crippen LogP contribution in [0, 0.1) is 9.85 Å². The summed E-state index contributed by atoms with van der Waals surface area (Å²) in [6.45, 7) is 0.100. The van der Waals surface area contributed by atoms with Crippen LogP contribution in [0.15, 0.2) is 0 Å². The molecule has 0 aromatic heterocycles. The van der Waals surface area contributed by atoms with E-state index in [1.54, 1.807) is 0 Å². The van der Waals surface area contributed by atoms with E-state index in [4.69, 9.17) is 5.73 Å². The molecule has 0 amide bonds. The number of thiol groups is 1. The predicted octanol–water partition coefficient (Wildman–Crippen LogP) is 0.183. The van der Waals surface area contributed by atoms with Crippen LogP contribution < -0.4 is 5.73 Å². The van der Waals surface area contributed by atoms with Crippen molar-refractivity contribution >= 4 is 41.2 Å². The highest BCUT2D eigenvalue weighted by atomic mass is 127. The number of halogens is 1. The fourth-order valence-electron chi connectivity index (χ4n) is 0.316. The molecule has 0 heterocycles. The molecule has 0 unspecified atom stereocenters. The van der Waals surface area contributed by atoms with E-state index in [1.807, 2.05) is 22.6 Å². The molecule has 0 aliphatic carbocycles. The maximum Gasteiger partial charge on any atom is 0.324 e. The van der Waals surface area contributed by atoms with Crippen LogP contribution in [0.2, 0.25) is 0 Å². The maximum atomic E-state index is 10.8. The van der Waals surface area contributed by atoms with Crippen LogP contribution in [-0.4, -0.2) is 24.4 Å². The van der Waals surface area contributed by atoms with Crippen molar-refractivity contribution in [3.8, 4) is 9.85 Å². The van der Waals surface area contributed by atoms with Crippen molar-refractivity contribution in [3.05, 3.63) is 0 Å². The van der Waals surface area contributed by atoms with Crippen LogP contribution in [0.5, 0.6) is 0 Å². The average Bonchev–Trinajstić information content (AvgIpc) is 2.03. The van der Waals surface area contributed by atoms with Gasteiger partial charge in [-0.2, -0.15) is 12.6 Å². The SMILES string of the molecule is N[C@@H](CS)C(=O)OCC#CI. The number of esters is 1. The number of nitrogens with two attached hydrogens (primary N) is 1. The topological polar surface area (TPSA) is 52.3 Å². The molecule has 0 aliphatic rings. The molecule has 0 saturated heterocycles. The van der Waals surface area contributed by atoms with Crippen LogP contribution in [0.4, 0.5) is 0 Å². The van der Waals surface area contributed by atoms with Crippen LogP contribution in [0.25, 0.3) is 0 Å². The summed E-state index contributed by atoms with van der Waals surface area (Å²) in [4.78, 5) is 10.8. The molecule has 1 atom stereocenters. The fraction of sp³-hybridized carbons (Fsp3) is 0.500. The first-order valence-electron chi connectivity index (χ1n) is 2.84. The third-order valence-electron chi connectivity index (χ3n) is 0.853. The minimum Gasteiger partial charge on any atom is -0.451 e. The Balaban J connectivity index is 3.57. The standard InChI is InChI=1S/C6H8INO2S/c7-2-1-3-10-6(9)5(8)4-11/h5,11H,3-4,8H2/t5-/m0/s1. The Morgan fingerprint density at radius 2 is 2.45 bits per heavy atom. The van der Waals surface area contributed by atoms with Gasteiger partial charge in [0.15, 0.2) is 6.61 Å². The Kier molecular flexibility index (Phi) is 6.80. The molecular weight excluding hydrogens is 277 g/mol. The second kappa shape index (κ2) is 6.76. The molecule has 11 heavy (non-hydrogen) atoms. The van der Waals surface area contributed by atoms with Crippen molar-refractivity contribution in [3.63, 3.8) is 0 Å².